The van der Waals surface area contributed by atoms with E-state index in [-0.39, 0.29) is 0 Å². The van der Waals surface area contributed by atoms with E-state index in [1.165, 1.54) is 0 Å². The van der Waals surface area contributed by atoms with Crippen molar-refractivity contribution in [1.29, 1.82) is 5.26 Å². The predicted molar refractivity (Wildman–Crippen MR) is 71.7 cm³/mol. The molecule has 6 heteroatoms. The van der Waals surface area contributed by atoms with Crippen molar-refractivity contribution >= 4 is 34.8 Å². The van der Waals surface area contributed by atoms with E-state index in [9.17, 15) is 0 Å². The first-order chi connectivity index (χ1) is 8.50. The van der Waals surface area contributed by atoms with E-state index in [2.05, 4.69) is 11.1 Å². The van der Waals surface area contributed by atoms with E-state index in [4.69, 9.17) is 40.1 Å². The van der Waals surface area contributed by atoms with Crippen LogP contribution in [0.5, 0.6) is 0 Å². The molecule has 3 nitrogen and oxygen atoms in total. The van der Waals surface area contributed by atoms with Crippen LogP contribution in [0.2, 0.25) is 0 Å². The summed E-state index contributed by atoms with van der Waals surface area (Å²) in [5.74, 6) is 0.356. The Labute approximate surface area is 120 Å². The summed E-state index contributed by atoms with van der Waals surface area (Å²) in [5, 5.41) is 8.84. The third-order valence-corrected chi connectivity index (χ3v) is 2.89. The molecule has 0 atom stereocenters. The summed E-state index contributed by atoms with van der Waals surface area (Å²) in [6, 6.07) is 9.35. The molecular formula is C12H8Cl3N3. The van der Waals surface area contributed by atoms with E-state index in [1.807, 2.05) is 12.1 Å². The Hall–Kier alpha value is -1.21. The number of nitrogens with zero attached hydrogens (tertiary/aromatic N) is 3. The zero-order valence-corrected chi connectivity index (χ0v) is 11.4. The molecule has 0 aliphatic heterocycles. The second-order valence-electron chi connectivity index (χ2n) is 3.69. The van der Waals surface area contributed by atoms with E-state index in [0.29, 0.717) is 17.9 Å². The third-order valence-electron chi connectivity index (χ3n) is 2.38. The Bertz CT molecular complexity index is 593. The Kier molecular flexibility index (Phi) is 3.82. The molecule has 0 amide bonds. The van der Waals surface area contributed by atoms with Crippen molar-refractivity contribution in [3.63, 3.8) is 0 Å². The molecule has 0 saturated heterocycles. The maximum atomic E-state index is 8.84. The van der Waals surface area contributed by atoms with Crippen LogP contribution in [0, 0.1) is 11.3 Å². The second kappa shape index (κ2) is 5.19. The van der Waals surface area contributed by atoms with Crippen molar-refractivity contribution in [1.82, 2.24) is 9.55 Å². The number of alkyl halides is 3. The van der Waals surface area contributed by atoms with Crippen LogP contribution in [0.4, 0.5) is 0 Å². The molecule has 0 spiro atoms. The van der Waals surface area contributed by atoms with Crippen LogP contribution < -0.4 is 0 Å². The van der Waals surface area contributed by atoms with Gasteiger partial charge in [0.25, 0.3) is 0 Å². The molecule has 1 aromatic carbocycles. The number of aromatic nitrogens is 2. The fourth-order valence-electron chi connectivity index (χ4n) is 1.63. The lowest BCUT2D eigenvalue weighted by atomic mass is 10.1. The largest absolute Gasteiger partial charge is 0.327 e. The maximum Gasteiger partial charge on any atom is 0.248 e. The number of hydrogen-bond donors (Lipinski definition) is 0. The highest BCUT2D eigenvalue weighted by molar-refractivity contribution is 6.66. The van der Waals surface area contributed by atoms with E-state index < -0.39 is 3.79 Å². The topological polar surface area (TPSA) is 41.6 Å². The van der Waals surface area contributed by atoms with Crippen molar-refractivity contribution in [3.8, 4) is 6.07 Å². The average Bonchev–Trinajstić information content (AvgIpc) is 2.77. The first-order valence-electron chi connectivity index (χ1n) is 5.08. The Morgan fingerprint density at radius 3 is 2.78 bits per heavy atom. The summed E-state index contributed by atoms with van der Waals surface area (Å²) in [4.78, 5) is 4.03. The summed E-state index contributed by atoms with van der Waals surface area (Å²) in [6.07, 6.45) is 3.31. The van der Waals surface area contributed by atoms with Gasteiger partial charge in [-0.05, 0) is 17.7 Å². The molecular weight excluding hydrogens is 293 g/mol. The minimum absolute atomic E-state index is 0.356. The van der Waals surface area contributed by atoms with Crippen LogP contribution in [0.1, 0.15) is 17.0 Å². The van der Waals surface area contributed by atoms with E-state index in [0.717, 1.165) is 5.56 Å². The van der Waals surface area contributed by atoms with Crippen molar-refractivity contribution in [2.45, 2.75) is 10.3 Å². The number of benzene rings is 1. The normalized spacial score (nSPS) is 11.2. The fraction of sp³-hybridized carbons (Fsp3) is 0.167. The summed E-state index contributed by atoms with van der Waals surface area (Å²) < 4.78 is 0.180. The number of halogens is 3. The molecule has 0 radical (unpaired) electrons. The van der Waals surface area contributed by atoms with Gasteiger partial charge in [-0.3, -0.25) is 0 Å². The lowest BCUT2D eigenvalue weighted by molar-refractivity contribution is 0.737. The van der Waals surface area contributed by atoms with Crippen LogP contribution >= 0.6 is 34.8 Å². The van der Waals surface area contributed by atoms with Crippen LogP contribution in [0.25, 0.3) is 0 Å². The summed E-state index contributed by atoms with van der Waals surface area (Å²) in [7, 11) is 0. The summed E-state index contributed by atoms with van der Waals surface area (Å²) in [5.41, 5.74) is 1.55. The zero-order valence-electron chi connectivity index (χ0n) is 9.15. The van der Waals surface area contributed by atoms with E-state index in [1.54, 1.807) is 29.1 Å². The number of imidazole rings is 1. The first kappa shape index (κ1) is 13.2. The molecule has 0 fully saturated rings. The zero-order chi connectivity index (χ0) is 13.2. The molecule has 2 aromatic rings. The smallest absolute Gasteiger partial charge is 0.248 e. The van der Waals surface area contributed by atoms with Crippen molar-refractivity contribution in [3.05, 3.63) is 53.6 Å². The molecule has 0 N–H and O–H groups in total. The standard InChI is InChI=1S/C12H8Cl3N3/c13-12(14,15)11-17-4-5-18(11)8-10-3-1-2-9(6-10)7-16/h1-6H,8H2. The molecule has 0 unspecified atom stereocenters. The third kappa shape index (κ3) is 2.97. The monoisotopic (exact) mass is 299 g/mol. The summed E-state index contributed by atoms with van der Waals surface area (Å²) in [6.45, 7) is 0.499. The van der Waals surface area contributed by atoms with Gasteiger partial charge in [-0.25, -0.2) is 4.98 Å². The molecule has 0 aliphatic rings. The van der Waals surface area contributed by atoms with Gasteiger partial charge in [-0.1, -0.05) is 46.9 Å². The second-order valence-corrected chi connectivity index (χ2v) is 5.97. The maximum absolute atomic E-state index is 8.84. The quantitative estimate of drug-likeness (QED) is 0.795. The molecule has 1 heterocycles. The average molecular weight is 301 g/mol. The Morgan fingerprint density at radius 1 is 1.33 bits per heavy atom. The van der Waals surface area contributed by atoms with Gasteiger partial charge in [0.15, 0.2) is 5.82 Å². The van der Waals surface area contributed by atoms with Crippen LogP contribution in [0.15, 0.2) is 36.7 Å². The lowest BCUT2D eigenvalue weighted by Gasteiger charge is -2.13. The Balaban J connectivity index is 2.30. The van der Waals surface area contributed by atoms with Gasteiger partial charge in [-0.15, -0.1) is 0 Å². The first-order valence-corrected chi connectivity index (χ1v) is 6.21. The van der Waals surface area contributed by atoms with Gasteiger partial charge < -0.3 is 4.57 Å². The molecule has 0 saturated carbocycles. The Morgan fingerprint density at radius 2 is 2.11 bits per heavy atom. The minimum atomic E-state index is -1.56. The number of hydrogen-bond acceptors (Lipinski definition) is 2. The van der Waals surface area contributed by atoms with Crippen molar-refractivity contribution in [2.24, 2.45) is 0 Å². The number of nitriles is 1. The highest BCUT2D eigenvalue weighted by Crippen LogP contribution is 2.37. The van der Waals surface area contributed by atoms with Crippen molar-refractivity contribution in [2.75, 3.05) is 0 Å². The fourth-order valence-corrected chi connectivity index (χ4v) is 2.10. The van der Waals surface area contributed by atoms with Gasteiger partial charge in [0.05, 0.1) is 11.6 Å². The predicted octanol–water partition coefficient (Wildman–Crippen LogP) is 3.63. The van der Waals surface area contributed by atoms with E-state index >= 15 is 0 Å². The van der Waals surface area contributed by atoms with Gasteiger partial charge in [0.2, 0.25) is 3.79 Å². The SMILES string of the molecule is N#Cc1cccc(Cn2ccnc2C(Cl)(Cl)Cl)c1. The van der Waals surface area contributed by atoms with Crippen molar-refractivity contribution < 1.29 is 0 Å². The van der Waals surface area contributed by atoms with Crippen LogP contribution in [-0.2, 0) is 10.3 Å². The lowest BCUT2D eigenvalue weighted by Crippen LogP contribution is -2.12. The molecule has 18 heavy (non-hydrogen) atoms. The highest BCUT2D eigenvalue weighted by Gasteiger charge is 2.28. The number of rotatable bonds is 2. The van der Waals surface area contributed by atoms with Gasteiger partial charge in [-0.2, -0.15) is 5.26 Å². The molecule has 1 aromatic heterocycles. The molecule has 92 valence electrons. The highest BCUT2D eigenvalue weighted by atomic mass is 35.6. The van der Waals surface area contributed by atoms with Gasteiger partial charge in [0, 0.05) is 18.9 Å². The van der Waals surface area contributed by atoms with Gasteiger partial charge >= 0.3 is 0 Å². The molecule has 0 aliphatic carbocycles. The molecule has 0 bridgehead atoms. The minimum Gasteiger partial charge on any atom is -0.327 e. The van der Waals surface area contributed by atoms with Crippen LogP contribution in [-0.4, -0.2) is 9.55 Å². The summed E-state index contributed by atoms with van der Waals surface area (Å²) >= 11 is 17.5. The molecule has 2 rings (SSSR count). The van der Waals surface area contributed by atoms with Crippen LogP contribution in [0.3, 0.4) is 0 Å². The van der Waals surface area contributed by atoms with Gasteiger partial charge in [0.1, 0.15) is 0 Å².